The highest BCUT2D eigenvalue weighted by Crippen LogP contribution is 2.28. The van der Waals surface area contributed by atoms with E-state index in [2.05, 4.69) is 0 Å². The molecule has 6 heteroatoms. The van der Waals surface area contributed by atoms with Gasteiger partial charge in [-0.1, -0.05) is 17.7 Å². The highest BCUT2D eigenvalue weighted by Gasteiger charge is 2.36. The van der Waals surface area contributed by atoms with Crippen LogP contribution in [0.5, 0.6) is 0 Å². The molecule has 1 saturated heterocycles. The van der Waals surface area contributed by atoms with Crippen molar-refractivity contribution in [3.63, 3.8) is 0 Å². The summed E-state index contributed by atoms with van der Waals surface area (Å²) in [6, 6.07) is 6.50. The predicted molar refractivity (Wildman–Crippen MR) is 79.3 cm³/mol. The first-order chi connectivity index (χ1) is 9.95. The summed E-state index contributed by atoms with van der Waals surface area (Å²) < 4.78 is 31.7. The molecule has 0 aliphatic carbocycles. The van der Waals surface area contributed by atoms with Crippen LogP contribution in [0.3, 0.4) is 0 Å². The number of hydrogen-bond donors (Lipinski definition) is 0. The Bertz CT molecular complexity index is 595. The van der Waals surface area contributed by atoms with E-state index in [1.165, 1.54) is 4.31 Å². The van der Waals surface area contributed by atoms with Gasteiger partial charge in [0, 0.05) is 12.6 Å². The van der Waals surface area contributed by atoms with Crippen molar-refractivity contribution >= 4 is 16.0 Å². The van der Waals surface area contributed by atoms with Gasteiger partial charge >= 0.3 is 5.97 Å². The van der Waals surface area contributed by atoms with Crippen LogP contribution in [0.25, 0.3) is 0 Å². The Labute approximate surface area is 126 Å². The Morgan fingerprint density at radius 3 is 2.62 bits per heavy atom. The van der Waals surface area contributed by atoms with Crippen LogP contribution in [0.2, 0.25) is 0 Å². The summed E-state index contributed by atoms with van der Waals surface area (Å²) in [6.07, 6.45) is 1.60. The molecule has 1 atom stereocenters. The van der Waals surface area contributed by atoms with Crippen LogP contribution in [-0.4, -0.2) is 37.9 Å². The molecular formula is C15H21NO4S. The summed E-state index contributed by atoms with van der Waals surface area (Å²) in [5, 5.41) is 0. The molecule has 0 amide bonds. The summed E-state index contributed by atoms with van der Waals surface area (Å²) >= 11 is 0. The Kier molecular flexibility index (Phi) is 5.00. The first-order valence-corrected chi connectivity index (χ1v) is 8.63. The van der Waals surface area contributed by atoms with Crippen LogP contribution in [0.1, 0.15) is 31.7 Å². The van der Waals surface area contributed by atoms with E-state index < -0.39 is 10.0 Å². The van der Waals surface area contributed by atoms with Crippen LogP contribution >= 0.6 is 0 Å². The van der Waals surface area contributed by atoms with Crippen molar-refractivity contribution in [2.24, 2.45) is 0 Å². The van der Waals surface area contributed by atoms with Gasteiger partial charge in [0.15, 0.2) is 0 Å². The third-order valence-electron chi connectivity index (χ3n) is 3.66. The average Bonchev–Trinajstić information content (AvgIpc) is 2.88. The highest BCUT2D eigenvalue weighted by atomic mass is 32.2. The van der Waals surface area contributed by atoms with Gasteiger partial charge in [0.05, 0.1) is 17.9 Å². The number of hydrogen-bond acceptors (Lipinski definition) is 4. The van der Waals surface area contributed by atoms with Gasteiger partial charge in [0.2, 0.25) is 10.0 Å². The van der Waals surface area contributed by atoms with Crippen molar-refractivity contribution in [3.8, 4) is 0 Å². The molecule has 0 spiro atoms. The van der Waals surface area contributed by atoms with E-state index in [0.29, 0.717) is 19.6 Å². The Hall–Kier alpha value is -1.40. The molecule has 0 N–H and O–H groups in total. The maximum absolute atomic E-state index is 12.7. The van der Waals surface area contributed by atoms with E-state index in [0.717, 1.165) is 12.0 Å². The monoisotopic (exact) mass is 311 g/mol. The zero-order chi connectivity index (χ0) is 15.5. The molecule has 1 aliphatic heterocycles. The molecular weight excluding hydrogens is 290 g/mol. The number of ether oxygens (including phenoxy) is 1. The van der Waals surface area contributed by atoms with Gasteiger partial charge < -0.3 is 4.74 Å². The zero-order valence-corrected chi connectivity index (χ0v) is 13.2. The minimum atomic E-state index is -3.54. The van der Waals surface area contributed by atoms with Gasteiger partial charge in [-0.25, -0.2) is 8.42 Å². The van der Waals surface area contributed by atoms with Crippen molar-refractivity contribution < 1.29 is 17.9 Å². The smallest absolute Gasteiger partial charge is 0.307 e. The fourth-order valence-electron chi connectivity index (χ4n) is 2.59. The summed E-state index contributed by atoms with van der Waals surface area (Å²) in [7, 11) is -3.54. The molecule has 1 aromatic carbocycles. The number of esters is 1. The van der Waals surface area contributed by atoms with E-state index in [-0.39, 0.29) is 23.3 Å². The van der Waals surface area contributed by atoms with E-state index in [4.69, 9.17) is 4.74 Å². The quantitative estimate of drug-likeness (QED) is 0.781. The summed E-state index contributed by atoms with van der Waals surface area (Å²) in [4.78, 5) is 11.9. The topological polar surface area (TPSA) is 63.7 Å². The van der Waals surface area contributed by atoms with Crippen molar-refractivity contribution in [1.29, 1.82) is 0 Å². The molecule has 5 nitrogen and oxygen atoms in total. The van der Waals surface area contributed by atoms with Crippen molar-refractivity contribution in [2.75, 3.05) is 13.2 Å². The SMILES string of the molecule is CCOC(=O)C[C@@H]1CCCN1S(=O)(=O)c1ccc(C)cc1. The number of benzene rings is 1. The number of rotatable bonds is 5. The van der Waals surface area contributed by atoms with E-state index in [9.17, 15) is 13.2 Å². The second-order valence-electron chi connectivity index (χ2n) is 5.23. The lowest BCUT2D eigenvalue weighted by molar-refractivity contribution is -0.143. The second-order valence-corrected chi connectivity index (χ2v) is 7.12. The maximum Gasteiger partial charge on any atom is 0.307 e. The van der Waals surface area contributed by atoms with Crippen LogP contribution < -0.4 is 0 Å². The van der Waals surface area contributed by atoms with Crippen LogP contribution in [0.4, 0.5) is 0 Å². The number of sulfonamides is 1. The molecule has 0 radical (unpaired) electrons. The van der Waals surface area contributed by atoms with E-state index in [1.807, 2.05) is 6.92 Å². The lowest BCUT2D eigenvalue weighted by Gasteiger charge is -2.23. The largest absolute Gasteiger partial charge is 0.466 e. The molecule has 1 aliphatic rings. The summed E-state index contributed by atoms with van der Waals surface area (Å²) in [6.45, 7) is 4.43. The maximum atomic E-state index is 12.7. The van der Waals surface area contributed by atoms with Crippen LogP contribution in [0, 0.1) is 6.92 Å². The Morgan fingerprint density at radius 2 is 2.00 bits per heavy atom. The van der Waals surface area contributed by atoms with Crippen LogP contribution in [0.15, 0.2) is 29.2 Å². The standard InChI is InChI=1S/C15H21NO4S/c1-3-20-15(17)11-13-5-4-10-16(13)21(18,19)14-8-6-12(2)7-9-14/h6-9,13H,3-5,10-11H2,1-2H3/t13-/m0/s1. The third-order valence-corrected chi connectivity index (χ3v) is 5.62. The van der Waals surface area contributed by atoms with Gasteiger partial charge in [0.1, 0.15) is 0 Å². The fourth-order valence-corrected chi connectivity index (χ4v) is 4.28. The lowest BCUT2D eigenvalue weighted by atomic mass is 10.2. The van der Waals surface area contributed by atoms with Gasteiger partial charge in [-0.15, -0.1) is 0 Å². The first-order valence-electron chi connectivity index (χ1n) is 7.19. The van der Waals surface area contributed by atoms with Crippen molar-refractivity contribution in [2.45, 2.75) is 44.0 Å². The predicted octanol–water partition coefficient (Wildman–Crippen LogP) is 2.10. The lowest BCUT2D eigenvalue weighted by Crippen LogP contribution is -2.37. The average molecular weight is 311 g/mol. The molecule has 116 valence electrons. The Morgan fingerprint density at radius 1 is 1.33 bits per heavy atom. The van der Waals surface area contributed by atoms with E-state index in [1.54, 1.807) is 31.2 Å². The van der Waals surface area contributed by atoms with E-state index >= 15 is 0 Å². The van der Waals surface area contributed by atoms with Gasteiger partial charge in [-0.2, -0.15) is 4.31 Å². The molecule has 21 heavy (non-hydrogen) atoms. The van der Waals surface area contributed by atoms with Crippen molar-refractivity contribution in [3.05, 3.63) is 29.8 Å². The van der Waals surface area contributed by atoms with Gasteiger partial charge in [-0.3, -0.25) is 4.79 Å². The number of aryl methyl sites for hydroxylation is 1. The molecule has 1 aromatic rings. The van der Waals surface area contributed by atoms with Crippen molar-refractivity contribution in [1.82, 2.24) is 4.31 Å². The zero-order valence-electron chi connectivity index (χ0n) is 12.4. The number of nitrogens with zero attached hydrogens (tertiary/aromatic N) is 1. The second kappa shape index (κ2) is 6.58. The number of carbonyl (C=O) groups excluding carboxylic acids is 1. The normalized spacial score (nSPS) is 19.6. The highest BCUT2D eigenvalue weighted by molar-refractivity contribution is 7.89. The number of carbonyl (C=O) groups is 1. The van der Waals surface area contributed by atoms with Gasteiger partial charge in [-0.05, 0) is 38.8 Å². The first kappa shape index (κ1) is 16.0. The molecule has 0 saturated carbocycles. The fraction of sp³-hybridized carbons (Fsp3) is 0.533. The van der Waals surface area contributed by atoms with Gasteiger partial charge in [0.25, 0.3) is 0 Å². The molecule has 1 fully saturated rings. The molecule has 0 aromatic heterocycles. The Balaban J connectivity index is 2.18. The molecule has 1 heterocycles. The van der Waals surface area contributed by atoms with Crippen LogP contribution in [-0.2, 0) is 19.6 Å². The molecule has 2 rings (SSSR count). The third kappa shape index (κ3) is 3.63. The minimum Gasteiger partial charge on any atom is -0.466 e. The minimum absolute atomic E-state index is 0.124. The summed E-state index contributed by atoms with van der Waals surface area (Å²) in [5.74, 6) is -0.339. The molecule has 0 bridgehead atoms. The summed E-state index contributed by atoms with van der Waals surface area (Å²) in [5.41, 5.74) is 1.01. The molecule has 0 unspecified atom stereocenters.